The van der Waals surface area contributed by atoms with Gasteiger partial charge in [0.1, 0.15) is 0 Å². The molecule has 1 aliphatic carbocycles. The van der Waals surface area contributed by atoms with E-state index < -0.39 is 0 Å². The number of hydrogen-bond donors (Lipinski definition) is 1. The highest BCUT2D eigenvalue weighted by Crippen LogP contribution is 2.36. The van der Waals surface area contributed by atoms with Crippen LogP contribution in [0.5, 0.6) is 0 Å². The first kappa shape index (κ1) is 17.1. The SMILES string of the molecule is CN=C(NCC1(C)CCCC1)N1CCC(C)(C)C1.I. The van der Waals surface area contributed by atoms with Gasteiger partial charge in [-0.15, -0.1) is 24.0 Å². The van der Waals surface area contributed by atoms with Gasteiger partial charge in [-0.1, -0.05) is 33.6 Å². The number of aliphatic imine (C=N–C) groups is 1. The van der Waals surface area contributed by atoms with Crippen molar-refractivity contribution >= 4 is 29.9 Å². The lowest BCUT2D eigenvalue weighted by atomic mass is 9.89. The monoisotopic (exact) mass is 379 g/mol. The van der Waals surface area contributed by atoms with Crippen LogP contribution >= 0.6 is 24.0 Å². The number of hydrogen-bond acceptors (Lipinski definition) is 1. The zero-order valence-electron chi connectivity index (χ0n) is 13.0. The molecule has 0 aromatic carbocycles. The maximum atomic E-state index is 4.46. The van der Waals surface area contributed by atoms with E-state index >= 15 is 0 Å². The van der Waals surface area contributed by atoms with Gasteiger partial charge < -0.3 is 10.2 Å². The van der Waals surface area contributed by atoms with E-state index in [2.05, 4.69) is 36.0 Å². The van der Waals surface area contributed by atoms with Gasteiger partial charge in [-0.2, -0.15) is 0 Å². The number of halogens is 1. The number of guanidine groups is 1. The van der Waals surface area contributed by atoms with Crippen LogP contribution in [0.15, 0.2) is 4.99 Å². The molecule has 0 bridgehead atoms. The summed E-state index contributed by atoms with van der Waals surface area (Å²) >= 11 is 0. The molecule has 2 rings (SSSR count). The first-order valence-electron chi connectivity index (χ1n) is 7.40. The van der Waals surface area contributed by atoms with Crippen LogP contribution < -0.4 is 5.32 Å². The van der Waals surface area contributed by atoms with Crippen LogP contribution in [0.3, 0.4) is 0 Å². The fraction of sp³-hybridized carbons (Fsp3) is 0.933. The van der Waals surface area contributed by atoms with E-state index in [1.165, 1.54) is 32.1 Å². The number of nitrogens with one attached hydrogen (secondary N) is 1. The standard InChI is InChI=1S/C15H29N3.HI/c1-14(2)9-10-18(12-14)13(16-4)17-11-15(3)7-5-6-8-15;/h5-12H2,1-4H3,(H,16,17);1H. The lowest BCUT2D eigenvalue weighted by Crippen LogP contribution is -2.44. The molecular formula is C15H30IN3. The summed E-state index contributed by atoms with van der Waals surface area (Å²) in [5.74, 6) is 1.11. The van der Waals surface area contributed by atoms with Gasteiger partial charge in [-0.05, 0) is 30.1 Å². The second-order valence-electron chi connectivity index (χ2n) is 7.25. The van der Waals surface area contributed by atoms with Crippen molar-refractivity contribution in [2.45, 2.75) is 52.9 Å². The molecule has 1 saturated carbocycles. The molecule has 112 valence electrons. The summed E-state index contributed by atoms with van der Waals surface area (Å²) in [5, 5.41) is 3.61. The summed E-state index contributed by atoms with van der Waals surface area (Å²) in [5.41, 5.74) is 0.931. The maximum absolute atomic E-state index is 4.46. The molecule has 0 amide bonds. The number of likely N-dealkylation sites (tertiary alicyclic amines) is 1. The van der Waals surface area contributed by atoms with Crippen LogP contribution in [-0.2, 0) is 0 Å². The van der Waals surface area contributed by atoms with Crippen LogP contribution in [0.25, 0.3) is 0 Å². The van der Waals surface area contributed by atoms with Gasteiger partial charge in [0.05, 0.1) is 0 Å². The van der Waals surface area contributed by atoms with E-state index in [-0.39, 0.29) is 24.0 Å². The average molecular weight is 379 g/mol. The first-order chi connectivity index (χ1) is 8.44. The molecule has 1 aliphatic heterocycles. The second-order valence-corrected chi connectivity index (χ2v) is 7.25. The lowest BCUT2D eigenvalue weighted by molar-refractivity contribution is 0.322. The molecule has 19 heavy (non-hydrogen) atoms. The van der Waals surface area contributed by atoms with Crippen molar-refractivity contribution in [3.05, 3.63) is 0 Å². The van der Waals surface area contributed by atoms with E-state index in [0.29, 0.717) is 10.8 Å². The minimum Gasteiger partial charge on any atom is -0.356 e. The third kappa shape index (κ3) is 4.50. The summed E-state index contributed by atoms with van der Waals surface area (Å²) in [4.78, 5) is 6.87. The van der Waals surface area contributed by atoms with Gasteiger partial charge in [0, 0.05) is 26.7 Å². The fourth-order valence-electron chi connectivity index (χ4n) is 3.32. The summed E-state index contributed by atoms with van der Waals surface area (Å²) in [7, 11) is 1.91. The largest absolute Gasteiger partial charge is 0.356 e. The van der Waals surface area contributed by atoms with Crippen LogP contribution in [0.1, 0.15) is 52.9 Å². The molecule has 0 atom stereocenters. The minimum atomic E-state index is 0. The molecule has 0 spiro atoms. The number of nitrogens with zero attached hydrogens (tertiary/aromatic N) is 2. The fourth-order valence-corrected chi connectivity index (χ4v) is 3.32. The summed E-state index contributed by atoms with van der Waals surface area (Å²) in [6, 6.07) is 0. The number of rotatable bonds is 2. The van der Waals surface area contributed by atoms with Crippen LogP contribution in [0, 0.1) is 10.8 Å². The Hall–Kier alpha value is 0. The van der Waals surface area contributed by atoms with Gasteiger partial charge in [0.2, 0.25) is 0 Å². The van der Waals surface area contributed by atoms with E-state index in [4.69, 9.17) is 0 Å². The van der Waals surface area contributed by atoms with E-state index in [1.54, 1.807) is 0 Å². The van der Waals surface area contributed by atoms with E-state index in [1.807, 2.05) is 7.05 Å². The van der Waals surface area contributed by atoms with Crippen molar-refractivity contribution in [2.24, 2.45) is 15.8 Å². The predicted octanol–water partition coefficient (Wildman–Crippen LogP) is 3.49. The smallest absolute Gasteiger partial charge is 0.193 e. The molecule has 0 aromatic heterocycles. The van der Waals surface area contributed by atoms with E-state index in [0.717, 1.165) is 25.6 Å². The minimum absolute atomic E-state index is 0. The topological polar surface area (TPSA) is 27.6 Å². The Morgan fingerprint density at radius 1 is 1.16 bits per heavy atom. The Bertz CT molecular complexity index is 319. The zero-order valence-corrected chi connectivity index (χ0v) is 15.3. The zero-order chi connectivity index (χ0) is 13.2. The first-order valence-corrected chi connectivity index (χ1v) is 7.40. The van der Waals surface area contributed by atoms with Crippen molar-refractivity contribution in [1.29, 1.82) is 0 Å². The van der Waals surface area contributed by atoms with Crippen molar-refractivity contribution in [3.63, 3.8) is 0 Å². The lowest BCUT2D eigenvalue weighted by Gasteiger charge is -2.29. The van der Waals surface area contributed by atoms with Crippen molar-refractivity contribution < 1.29 is 0 Å². The molecule has 0 unspecified atom stereocenters. The molecule has 3 nitrogen and oxygen atoms in total. The normalized spacial score (nSPS) is 25.3. The Kier molecular flexibility index (Phi) is 5.96. The molecular weight excluding hydrogens is 349 g/mol. The van der Waals surface area contributed by atoms with Gasteiger partial charge >= 0.3 is 0 Å². The summed E-state index contributed by atoms with van der Waals surface area (Å²) in [6.07, 6.45) is 6.79. The molecule has 1 saturated heterocycles. The van der Waals surface area contributed by atoms with Crippen LogP contribution in [-0.4, -0.2) is 37.5 Å². The van der Waals surface area contributed by atoms with Gasteiger partial charge in [0.15, 0.2) is 5.96 Å². The predicted molar refractivity (Wildman–Crippen MR) is 93.3 cm³/mol. The Morgan fingerprint density at radius 3 is 2.26 bits per heavy atom. The molecule has 2 fully saturated rings. The van der Waals surface area contributed by atoms with Crippen LogP contribution in [0.2, 0.25) is 0 Å². The molecule has 0 aromatic rings. The Labute approximate surface area is 135 Å². The molecule has 0 radical (unpaired) electrons. The second kappa shape index (κ2) is 6.64. The summed E-state index contributed by atoms with van der Waals surface area (Å²) in [6.45, 7) is 10.5. The Morgan fingerprint density at radius 2 is 1.79 bits per heavy atom. The van der Waals surface area contributed by atoms with Gasteiger partial charge in [-0.25, -0.2) is 0 Å². The average Bonchev–Trinajstić information content (AvgIpc) is 2.87. The molecule has 1 N–H and O–H groups in total. The Balaban J connectivity index is 0.00000180. The highest BCUT2D eigenvalue weighted by atomic mass is 127. The maximum Gasteiger partial charge on any atom is 0.193 e. The van der Waals surface area contributed by atoms with Crippen LogP contribution in [0.4, 0.5) is 0 Å². The quantitative estimate of drug-likeness (QED) is 0.452. The molecule has 4 heteroatoms. The third-order valence-corrected chi connectivity index (χ3v) is 4.67. The van der Waals surface area contributed by atoms with Gasteiger partial charge in [-0.3, -0.25) is 4.99 Å². The third-order valence-electron chi connectivity index (χ3n) is 4.67. The van der Waals surface area contributed by atoms with Crippen molar-refractivity contribution in [1.82, 2.24) is 10.2 Å². The van der Waals surface area contributed by atoms with Crippen molar-refractivity contribution in [2.75, 3.05) is 26.7 Å². The molecule has 2 aliphatic rings. The van der Waals surface area contributed by atoms with Crippen molar-refractivity contribution in [3.8, 4) is 0 Å². The highest BCUT2D eigenvalue weighted by molar-refractivity contribution is 14.0. The van der Waals surface area contributed by atoms with E-state index in [9.17, 15) is 0 Å². The molecule has 1 heterocycles. The van der Waals surface area contributed by atoms with Gasteiger partial charge in [0.25, 0.3) is 0 Å². The highest BCUT2D eigenvalue weighted by Gasteiger charge is 2.33. The summed E-state index contributed by atoms with van der Waals surface area (Å²) < 4.78 is 0.